The lowest BCUT2D eigenvalue weighted by atomic mass is 9.89. The zero-order valence-electron chi connectivity index (χ0n) is 19.7. The Hall–Kier alpha value is -2.46. The molecule has 0 fully saturated rings. The highest BCUT2D eigenvalue weighted by atomic mass is 16.3. The van der Waals surface area contributed by atoms with Gasteiger partial charge in [0.1, 0.15) is 0 Å². The first-order valence-corrected chi connectivity index (χ1v) is 12.3. The largest absolute Gasteiger partial charge is 0.513 e. The van der Waals surface area contributed by atoms with Gasteiger partial charge in [-0.25, -0.2) is 0 Å². The minimum Gasteiger partial charge on any atom is -0.513 e. The summed E-state index contributed by atoms with van der Waals surface area (Å²) in [5, 5.41) is 14.4. The topological polar surface area (TPSA) is 57.5 Å². The minimum atomic E-state index is 0.258. The fourth-order valence-electron chi connectivity index (χ4n) is 4.38. The van der Waals surface area contributed by atoms with Crippen LogP contribution >= 0.6 is 0 Å². The lowest BCUT2D eigenvalue weighted by Crippen LogP contribution is -2.16. The lowest BCUT2D eigenvalue weighted by Gasteiger charge is -2.17. The molecule has 1 aliphatic rings. The van der Waals surface area contributed by atoms with Crippen LogP contribution in [0.5, 0.6) is 0 Å². The number of pyridine rings is 1. The number of benzene rings is 1. The number of aliphatic hydroxyl groups excluding tert-OH is 1. The quantitative estimate of drug-likeness (QED) is 0.309. The molecule has 1 aromatic heterocycles. The van der Waals surface area contributed by atoms with Crippen molar-refractivity contribution < 1.29 is 5.11 Å². The normalized spacial score (nSPS) is 16.0. The number of aliphatic hydroxyl groups is 1. The van der Waals surface area contributed by atoms with E-state index in [1.807, 2.05) is 6.20 Å². The van der Waals surface area contributed by atoms with E-state index >= 15 is 0 Å². The molecule has 1 unspecified atom stereocenters. The molecule has 4 heteroatoms. The molecule has 0 radical (unpaired) electrons. The number of nitrogens with one attached hydrogen (secondary N) is 1. The molecule has 0 amide bonds. The lowest BCUT2D eigenvalue weighted by molar-refractivity contribution is 0.369. The number of hydrogen-bond acceptors (Lipinski definition) is 4. The molecule has 0 saturated heterocycles. The maximum absolute atomic E-state index is 9.86. The molecule has 2 aromatic rings. The third-order valence-corrected chi connectivity index (χ3v) is 6.23. The van der Waals surface area contributed by atoms with Crippen LogP contribution in [0.2, 0.25) is 0 Å². The average molecular weight is 434 g/mol. The van der Waals surface area contributed by atoms with Gasteiger partial charge in [-0.05, 0) is 87.2 Å². The van der Waals surface area contributed by atoms with Crippen molar-refractivity contribution in [1.29, 1.82) is 0 Å². The van der Waals surface area contributed by atoms with E-state index < -0.39 is 0 Å². The molecule has 0 aliphatic carbocycles. The highest BCUT2D eigenvalue weighted by molar-refractivity contribution is 5.94. The number of hydrogen-bond donors (Lipinski definition) is 2. The first kappa shape index (κ1) is 24.2. The minimum absolute atomic E-state index is 0.258. The smallest absolute Gasteiger partial charge is 0.0887 e. The molecule has 4 nitrogen and oxygen atoms in total. The van der Waals surface area contributed by atoms with Crippen LogP contribution in [0.15, 0.2) is 59.9 Å². The Kier molecular flexibility index (Phi) is 9.96. The van der Waals surface area contributed by atoms with Gasteiger partial charge < -0.3 is 5.11 Å². The predicted molar refractivity (Wildman–Crippen MR) is 137 cm³/mol. The second-order valence-electron chi connectivity index (χ2n) is 9.09. The highest BCUT2D eigenvalue weighted by Gasteiger charge is 2.14. The highest BCUT2D eigenvalue weighted by Crippen LogP contribution is 2.30. The zero-order valence-corrected chi connectivity index (χ0v) is 19.7. The van der Waals surface area contributed by atoms with Crippen LogP contribution in [-0.2, 0) is 0 Å². The van der Waals surface area contributed by atoms with Crippen molar-refractivity contribution >= 4 is 16.6 Å². The molecule has 1 aliphatic heterocycles. The molecule has 172 valence electrons. The van der Waals surface area contributed by atoms with Crippen molar-refractivity contribution in [2.24, 2.45) is 4.99 Å². The van der Waals surface area contributed by atoms with E-state index in [1.54, 1.807) is 0 Å². The molecular formula is C28H39N3O. The van der Waals surface area contributed by atoms with Crippen LogP contribution in [0, 0.1) is 6.92 Å². The monoisotopic (exact) mass is 433 g/mol. The Bertz CT molecular complexity index is 931. The molecule has 0 spiro atoms. The van der Waals surface area contributed by atoms with Crippen LogP contribution in [0.4, 0.5) is 0 Å². The van der Waals surface area contributed by atoms with E-state index in [2.05, 4.69) is 60.2 Å². The van der Waals surface area contributed by atoms with Crippen molar-refractivity contribution in [2.45, 2.75) is 77.0 Å². The summed E-state index contributed by atoms with van der Waals surface area (Å²) < 4.78 is 0. The van der Waals surface area contributed by atoms with Gasteiger partial charge in [-0.1, -0.05) is 44.1 Å². The fraction of sp³-hybridized carbons (Fsp3) is 0.500. The second kappa shape index (κ2) is 13.2. The summed E-state index contributed by atoms with van der Waals surface area (Å²) >= 11 is 0. The van der Waals surface area contributed by atoms with Crippen LogP contribution in [-0.4, -0.2) is 29.0 Å². The van der Waals surface area contributed by atoms with Crippen molar-refractivity contribution in [2.75, 3.05) is 13.2 Å². The first-order chi connectivity index (χ1) is 15.6. The molecule has 32 heavy (non-hydrogen) atoms. The zero-order chi connectivity index (χ0) is 22.6. The fourth-order valence-corrected chi connectivity index (χ4v) is 4.38. The predicted octanol–water partition coefficient (Wildman–Crippen LogP) is 7.16. The summed E-state index contributed by atoms with van der Waals surface area (Å²) in [4.78, 5) is 9.38. The summed E-state index contributed by atoms with van der Waals surface area (Å²) in [5.74, 6) is 0.524. The summed E-state index contributed by atoms with van der Waals surface area (Å²) in [7, 11) is 0. The van der Waals surface area contributed by atoms with Gasteiger partial charge in [0.15, 0.2) is 0 Å². The maximum atomic E-state index is 9.86. The molecule has 1 atom stereocenters. The van der Waals surface area contributed by atoms with Crippen molar-refractivity contribution in [3.05, 3.63) is 66.1 Å². The number of aliphatic imine (C=N–C) groups is 1. The Balaban J connectivity index is 1.47. The number of unbranched alkanes of at least 4 members (excludes halogenated alkanes) is 3. The van der Waals surface area contributed by atoms with Crippen LogP contribution < -0.4 is 5.32 Å². The Morgan fingerprint density at radius 1 is 1.16 bits per heavy atom. The Morgan fingerprint density at radius 3 is 2.91 bits per heavy atom. The summed E-state index contributed by atoms with van der Waals surface area (Å²) in [6, 6.07) is 8.61. The first-order valence-electron chi connectivity index (χ1n) is 12.3. The van der Waals surface area contributed by atoms with Crippen LogP contribution in [0.3, 0.4) is 0 Å². The second-order valence-corrected chi connectivity index (χ2v) is 9.09. The Labute approximate surface area is 193 Å². The number of nitrogens with zero attached hydrogens (tertiary/aromatic N) is 2. The van der Waals surface area contributed by atoms with Crippen molar-refractivity contribution in [3.8, 4) is 0 Å². The van der Waals surface area contributed by atoms with E-state index in [9.17, 15) is 5.11 Å². The number of rotatable bonds is 10. The van der Waals surface area contributed by atoms with Gasteiger partial charge in [-0.15, -0.1) is 0 Å². The number of allylic oxidation sites excluding steroid dienone is 3. The van der Waals surface area contributed by atoms with Crippen LogP contribution in [0.25, 0.3) is 10.9 Å². The van der Waals surface area contributed by atoms with Gasteiger partial charge in [0.25, 0.3) is 0 Å². The average Bonchev–Trinajstić information content (AvgIpc) is 2.78. The van der Waals surface area contributed by atoms with E-state index in [0.29, 0.717) is 6.42 Å². The molecule has 2 heterocycles. The molecule has 3 rings (SSSR count). The van der Waals surface area contributed by atoms with Gasteiger partial charge in [0.05, 0.1) is 17.9 Å². The molecule has 2 N–H and O–H groups in total. The van der Waals surface area contributed by atoms with Gasteiger partial charge in [-0.3, -0.25) is 15.3 Å². The summed E-state index contributed by atoms with van der Waals surface area (Å²) in [6.45, 7) is 7.64. The van der Waals surface area contributed by atoms with Crippen molar-refractivity contribution in [1.82, 2.24) is 10.3 Å². The van der Waals surface area contributed by atoms with E-state index in [-0.39, 0.29) is 11.7 Å². The van der Waals surface area contributed by atoms with Gasteiger partial charge >= 0.3 is 0 Å². The third-order valence-electron chi connectivity index (χ3n) is 6.23. The molecular weight excluding hydrogens is 394 g/mol. The third kappa shape index (κ3) is 8.23. The number of fused-ring (bicyclic) bond motifs is 1. The summed E-state index contributed by atoms with van der Waals surface area (Å²) in [5.41, 5.74) is 4.68. The van der Waals surface area contributed by atoms with Crippen molar-refractivity contribution in [3.63, 3.8) is 0 Å². The van der Waals surface area contributed by atoms with Crippen LogP contribution in [0.1, 0.15) is 81.3 Å². The molecule has 0 bridgehead atoms. The van der Waals surface area contributed by atoms with E-state index in [1.165, 1.54) is 48.9 Å². The number of aryl methyl sites for hydroxylation is 1. The van der Waals surface area contributed by atoms with Gasteiger partial charge in [-0.2, -0.15) is 0 Å². The molecule has 0 saturated carbocycles. The maximum Gasteiger partial charge on any atom is 0.0887 e. The van der Waals surface area contributed by atoms with E-state index in [4.69, 9.17) is 4.99 Å². The van der Waals surface area contributed by atoms with Gasteiger partial charge in [0, 0.05) is 23.7 Å². The Morgan fingerprint density at radius 2 is 2.03 bits per heavy atom. The summed E-state index contributed by atoms with van der Waals surface area (Å²) in [6.07, 6.45) is 17.6. The SMILES string of the molecule is C=C(O)CC(CCCCCCC1=NCNCCCCC=C1)c1cnc2cc(C)ccc2c1. The van der Waals surface area contributed by atoms with E-state index in [0.717, 1.165) is 49.8 Å². The molecule has 1 aromatic carbocycles. The standard InChI is InChI=1S/C28H39N3O/c1-22-14-15-25-19-26(20-30-28(25)17-22)24(18-23(2)32)11-7-3-4-8-12-27-13-9-5-6-10-16-29-21-31-27/h9,13-15,17,19-20,24,29,32H,2-8,10-12,16,18,21H2,1H3. The van der Waals surface area contributed by atoms with Gasteiger partial charge in [0.2, 0.25) is 0 Å². The number of aromatic nitrogens is 1.